The Bertz CT molecular complexity index is 489. The summed E-state index contributed by atoms with van der Waals surface area (Å²) in [4.78, 5) is 27.5. The summed E-state index contributed by atoms with van der Waals surface area (Å²) in [5.41, 5.74) is 1.17. The molecule has 1 unspecified atom stereocenters. The molecule has 0 aliphatic heterocycles. The standard InChI is InChI=1S/C17H27N3O2/c1-4-14(3)15(21)12-20-17(22)7-5-6-9-18-16-11-13(2)8-10-19-16/h8,10-11,14H,4-7,9,12H2,1-3H3,(H,18,19)(H,20,22). The average molecular weight is 305 g/mol. The molecular formula is C17H27N3O2. The molecule has 0 saturated carbocycles. The molecule has 0 saturated heterocycles. The number of amides is 1. The lowest BCUT2D eigenvalue weighted by Gasteiger charge is -2.09. The van der Waals surface area contributed by atoms with Crippen molar-refractivity contribution in [2.75, 3.05) is 18.4 Å². The minimum absolute atomic E-state index is 0.0197. The number of rotatable bonds is 10. The molecule has 1 atom stereocenters. The summed E-state index contributed by atoms with van der Waals surface area (Å²) in [6.45, 7) is 6.83. The van der Waals surface area contributed by atoms with Crippen LogP contribution in [0.25, 0.3) is 0 Å². The second-order valence-electron chi connectivity index (χ2n) is 5.65. The Hall–Kier alpha value is -1.91. The third-order valence-corrected chi connectivity index (χ3v) is 3.67. The minimum Gasteiger partial charge on any atom is -0.370 e. The quantitative estimate of drug-likeness (QED) is 0.652. The Labute approximate surface area is 132 Å². The largest absolute Gasteiger partial charge is 0.370 e. The van der Waals surface area contributed by atoms with E-state index in [1.165, 1.54) is 5.56 Å². The number of anilines is 1. The van der Waals surface area contributed by atoms with Crippen LogP contribution in [0.2, 0.25) is 0 Å². The van der Waals surface area contributed by atoms with Crippen LogP contribution in [-0.4, -0.2) is 29.8 Å². The molecule has 5 nitrogen and oxygen atoms in total. The molecule has 1 rings (SSSR count). The fourth-order valence-electron chi connectivity index (χ4n) is 1.94. The predicted octanol–water partition coefficient (Wildman–Crippen LogP) is 2.70. The first-order valence-electron chi connectivity index (χ1n) is 7.99. The zero-order chi connectivity index (χ0) is 16.4. The van der Waals surface area contributed by atoms with Crippen LogP contribution in [0.5, 0.6) is 0 Å². The number of hydrogen-bond acceptors (Lipinski definition) is 4. The van der Waals surface area contributed by atoms with Crippen LogP contribution in [0.4, 0.5) is 5.82 Å². The van der Waals surface area contributed by atoms with Crippen LogP contribution in [0.15, 0.2) is 18.3 Å². The zero-order valence-corrected chi connectivity index (χ0v) is 13.8. The van der Waals surface area contributed by atoms with Crippen molar-refractivity contribution >= 4 is 17.5 Å². The van der Waals surface area contributed by atoms with E-state index in [0.717, 1.165) is 31.6 Å². The van der Waals surface area contributed by atoms with Crippen molar-refractivity contribution in [1.29, 1.82) is 0 Å². The average Bonchev–Trinajstić information content (AvgIpc) is 2.51. The molecule has 2 N–H and O–H groups in total. The van der Waals surface area contributed by atoms with Gasteiger partial charge in [-0.05, 0) is 43.9 Å². The molecule has 1 aromatic rings. The highest BCUT2D eigenvalue weighted by atomic mass is 16.2. The maximum Gasteiger partial charge on any atom is 0.220 e. The summed E-state index contributed by atoms with van der Waals surface area (Å²) in [5.74, 6) is 0.934. The van der Waals surface area contributed by atoms with Gasteiger partial charge in [0.25, 0.3) is 0 Å². The van der Waals surface area contributed by atoms with Gasteiger partial charge >= 0.3 is 0 Å². The van der Waals surface area contributed by atoms with Crippen molar-refractivity contribution in [2.24, 2.45) is 5.92 Å². The van der Waals surface area contributed by atoms with Gasteiger partial charge in [0.05, 0.1) is 6.54 Å². The van der Waals surface area contributed by atoms with Crippen LogP contribution in [0, 0.1) is 12.8 Å². The topological polar surface area (TPSA) is 71.1 Å². The lowest BCUT2D eigenvalue weighted by molar-refractivity contribution is -0.126. The van der Waals surface area contributed by atoms with Crippen molar-refractivity contribution in [1.82, 2.24) is 10.3 Å². The SMILES string of the molecule is CCC(C)C(=O)CNC(=O)CCCCNc1cc(C)ccn1. The number of nitrogens with zero attached hydrogens (tertiary/aromatic N) is 1. The molecule has 0 fully saturated rings. The van der Waals surface area contributed by atoms with Crippen molar-refractivity contribution in [3.05, 3.63) is 23.9 Å². The van der Waals surface area contributed by atoms with Gasteiger partial charge in [0, 0.05) is 25.1 Å². The van der Waals surface area contributed by atoms with E-state index in [-0.39, 0.29) is 24.2 Å². The van der Waals surface area contributed by atoms with Gasteiger partial charge < -0.3 is 10.6 Å². The molecular weight excluding hydrogens is 278 g/mol. The number of carbonyl (C=O) groups excluding carboxylic acids is 2. The van der Waals surface area contributed by atoms with Gasteiger partial charge in [0.15, 0.2) is 5.78 Å². The van der Waals surface area contributed by atoms with E-state index in [4.69, 9.17) is 0 Å². The molecule has 0 radical (unpaired) electrons. The summed E-state index contributed by atoms with van der Waals surface area (Å²) in [6, 6.07) is 3.95. The summed E-state index contributed by atoms with van der Waals surface area (Å²) in [6.07, 6.45) is 4.73. The molecule has 0 aromatic carbocycles. The van der Waals surface area contributed by atoms with E-state index < -0.39 is 0 Å². The van der Waals surface area contributed by atoms with E-state index in [1.54, 1.807) is 6.20 Å². The Morgan fingerprint density at radius 2 is 2.09 bits per heavy atom. The number of aryl methyl sites for hydroxylation is 1. The van der Waals surface area contributed by atoms with E-state index in [2.05, 4.69) is 15.6 Å². The minimum atomic E-state index is -0.0506. The lowest BCUT2D eigenvalue weighted by atomic mass is 10.0. The molecule has 22 heavy (non-hydrogen) atoms. The normalized spacial score (nSPS) is 11.8. The molecule has 5 heteroatoms. The van der Waals surface area contributed by atoms with Crippen LogP contribution >= 0.6 is 0 Å². The van der Waals surface area contributed by atoms with Crippen molar-refractivity contribution in [2.45, 2.75) is 46.5 Å². The number of unbranched alkanes of at least 4 members (excludes halogenated alkanes) is 1. The van der Waals surface area contributed by atoms with Crippen molar-refractivity contribution in [3.63, 3.8) is 0 Å². The smallest absolute Gasteiger partial charge is 0.220 e. The Morgan fingerprint density at radius 3 is 2.77 bits per heavy atom. The fourth-order valence-corrected chi connectivity index (χ4v) is 1.94. The number of ketones is 1. The molecule has 122 valence electrons. The number of carbonyl (C=O) groups is 2. The summed E-state index contributed by atoms with van der Waals surface area (Å²) >= 11 is 0. The zero-order valence-electron chi connectivity index (χ0n) is 13.8. The molecule has 0 bridgehead atoms. The first-order chi connectivity index (χ1) is 10.5. The van der Waals surface area contributed by atoms with Crippen LogP contribution < -0.4 is 10.6 Å². The van der Waals surface area contributed by atoms with Crippen LogP contribution in [0.3, 0.4) is 0 Å². The molecule has 0 spiro atoms. The Morgan fingerprint density at radius 1 is 1.32 bits per heavy atom. The third-order valence-electron chi connectivity index (χ3n) is 3.67. The first-order valence-corrected chi connectivity index (χ1v) is 7.99. The highest BCUT2D eigenvalue weighted by Gasteiger charge is 2.11. The Balaban J connectivity index is 2.09. The number of pyridine rings is 1. The molecule has 1 heterocycles. The van der Waals surface area contributed by atoms with Gasteiger partial charge in [0.1, 0.15) is 5.82 Å². The van der Waals surface area contributed by atoms with Gasteiger partial charge in [-0.2, -0.15) is 0 Å². The van der Waals surface area contributed by atoms with Gasteiger partial charge in [-0.3, -0.25) is 9.59 Å². The third kappa shape index (κ3) is 7.20. The monoisotopic (exact) mass is 305 g/mol. The molecule has 0 aliphatic carbocycles. The predicted molar refractivity (Wildman–Crippen MR) is 88.8 cm³/mol. The maximum absolute atomic E-state index is 11.6. The number of nitrogens with one attached hydrogen (secondary N) is 2. The number of hydrogen-bond donors (Lipinski definition) is 2. The number of Topliss-reactive ketones (excluding diaryl/α,β-unsaturated/α-hetero) is 1. The second kappa shape index (κ2) is 9.92. The van der Waals surface area contributed by atoms with Gasteiger partial charge in [-0.25, -0.2) is 4.98 Å². The summed E-state index contributed by atoms with van der Waals surface area (Å²) < 4.78 is 0. The Kier molecular flexibility index (Phi) is 8.18. The first kappa shape index (κ1) is 18.1. The summed E-state index contributed by atoms with van der Waals surface area (Å²) in [7, 11) is 0. The second-order valence-corrected chi connectivity index (χ2v) is 5.65. The van der Waals surface area contributed by atoms with Crippen molar-refractivity contribution < 1.29 is 9.59 Å². The van der Waals surface area contributed by atoms with Gasteiger partial charge in [-0.15, -0.1) is 0 Å². The van der Waals surface area contributed by atoms with Crippen LogP contribution in [-0.2, 0) is 9.59 Å². The van der Waals surface area contributed by atoms with E-state index in [0.29, 0.717) is 6.42 Å². The fraction of sp³-hybridized carbons (Fsp3) is 0.588. The van der Waals surface area contributed by atoms with Gasteiger partial charge in [0.2, 0.25) is 5.91 Å². The highest BCUT2D eigenvalue weighted by Crippen LogP contribution is 2.06. The van der Waals surface area contributed by atoms with Crippen LogP contribution in [0.1, 0.15) is 45.1 Å². The highest BCUT2D eigenvalue weighted by molar-refractivity contribution is 5.87. The molecule has 1 amide bonds. The maximum atomic E-state index is 11.6. The lowest BCUT2D eigenvalue weighted by Crippen LogP contribution is -2.31. The van der Waals surface area contributed by atoms with E-state index in [1.807, 2.05) is 32.9 Å². The van der Waals surface area contributed by atoms with Gasteiger partial charge in [-0.1, -0.05) is 13.8 Å². The van der Waals surface area contributed by atoms with Crippen molar-refractivity contribution in [3.8, 4) is 0 Å². The molecule has 1 aromatic heterocycles. The van der Waals surface area contributed by atoms with E-state index in [9.17, 15) is 9.59 Å². The number of aromatic nitrogens is 1. The molecule has 0 aliphatic rings. The summed E-state index contributed by atoms with van der Waals surface area (Å²) in [5, 5.41) is 5.93. The van der Waals surface area contributed by atoms with E-state index >= 15 is 0 Å².